The third kappa shape index (κ3) is 4.01. The average Bonchev–Trinajstić information content (AvgIpc) is 2.65. The molecule has 0 saturated carbocycles. The van der Waals surface area contributed by atoms with Crippen LogP contribution in [-0.4, -0.2) is 46.9 Å². The van der Waals surface area contributed by atoms with Crippen molar-refractivity contribution in [1.82, 2.24) is 10.2 Å². The predicted molar refractivity (Wildman–Crippen MR) is 62.6 cm³/mol. The molecule has 0 bridgehead atoms. The molecule has 0 aromatic carbocycles. The summed E-state index contributed by atoms with van der Waals surface area (Å²) in [5.41, 5.74) is 0. The molecular formula is C10H20N2O2S. The maximum Gasteiger partial charge on any atom is 0.223 e. The molecule has 0 radical (unpaired) electrons. The van der Waals surface area contributed by atoms with Crippen LogP contribution in [0.1, 0.15) is 26.2 Å². The summed E-state index contributed by atoms with van der Waals surface area (Å²) in [4.78, 5) is 13.4. The van der Waals surface area contributed by atoms with Gasteiger partial charge in [0.1, 0.15) is 0 Å². The van der Waals surface area contributed by atoms with Crippen LogP contribution in [0.3, 0.4) is 0 Å². The first-order valence-corrected chi connectivity index (χ1v) is 6.66. The number of hydrogen-bond acceptors (Lipinski definition) is 4. The van der Waals surface area contributed by atoms with Crippen LogP contribution in [0.15, 0.2) is 0 Å². The van der Waals surface area contributed by atoms with E-state index in [0.29, 0.717) is 6.42 Å². The maximum atomic E-state index is 11.5. The van der Waals surface area contributed by atoms with E-state index in [1.165, 1.54) is 0 Å². The molecule has 1 fully saturated rings. The number of rotatable bonds is 7. The fourth-order valence-electron chi connectivity index (χ4n) is 1.77. The van der Waals surface area contributed by atoms with E-state index in [-0.39, 0.29) is 18.7 Å². The number of hydrogen-bond donors (Lipinski definition) is 2. The van der Waals surface area contributed by atoms with Crippen molar-refractivity contribution < 1.29 is 9.90 Å². The number of carbonyl (C=O) groups is 1. The van der Waals surface area contributed by atoms with Crippen molar-refractivity contribution in [2.24, 2.45) is 0 Å². The van der Waals surface area contributed by atoms with Gasteiger partial charge in [-0.2, -0.15) is 0 Å². The largest absolute Gasteiger partial charge is 0.396 e. The van der Waals surface area contributed by atoms with E-state index in [2.05, 4.69) is 12.2 Å². The lowest BCUT2D eigenvalue weighted by Crippen LogP contribution is -2.45. The van der Waals surface area contributed by atoms with Crippen LogP contribution < -0.4 is 5.32 Å². The zero-order chi connectivity index (χ0) is 11.1. The number of aliphatic hydroxyl groups is 1. The second-order valence-corrected chi connectivity index (χ2v) is 4.70. The van der Waals surface area contributed by atoms with Crippen molar-refractivity contribution in [2.45, 2.75) is 32.4 Å². The van der Waals surface area contributed by atoms with Crippen LogP contribution in [0.25, 0.3) is 0 Å². The number of thioether (sulfide) groups is 1. The summed E-state index contributed by atoms with van der Waals surface area (Å²) in [5, 5.41) is 12.0. The Morgan fingerprint density at radius 2 is 2.47 bits per heavy atom. The summed E-state index contributed by atoms with van der Waals surface area (Å²) in [6.45, 7) is 3.18. The van der Waals surface area contributed by atoms with Gasteiger partial charge in [0.05, 0.1) is 12.8 Å². The summed E-state index contributed by atoms with van der Waals surface area (Å²) in [5.74, 6) is 1.81. The highest BCUT2D eigenvalue weighted by Crippen LogP contribution is 2.14. The lowest BCUT2D eigenvalue weighted by atomic mass is 10.3. The van der Waals surface area contributed by atoms with Crippen molar-refractivity contribution in [3.63, 3.8) is 0 Å². The van der Waals surface area contributed by atoms with E-state index in [9.17, 15) is 4.79 Å². The average molecular weight is 232 g/mol. The standard InChI is InChI=1S/C10H20N2O2S/c1-2-9(11-8-15-7-6-13)12-5-3-4-10(12)14/h9,11,13H,2-8H2,1H3. The zero-order valence-corrected chi connectivity index (χ0v) is 10.1. The molecule has 2 N–H and O–H groups in total. The summed E-state index contributed by atoms with van der Waals surface area (Å²) in [6.07, 6.45) is 2.79. The molecule has 5 heteroatoms. The molecule has 1 heterocycles. The van der Waals surface area contributed by atoms with Gasteiger partial charge in [0.15, 0.2) is 0 Å². The van der Waals surface area contributed by atoms with Crippen LogP contribution in [0, 0.1) is 0 Å². The molecule has 0 aromatic rings. The Balaban J connectivity index is 2.25. The molecule has 0 aromatic heterocycles. The van der Waals surface area contributed by atoms with Gasteiger partial charge in [-0.05, 0) is 12.8 Å². The monoisotopic (exact) mass is 232 g/mol. The molecule has 1 unspecified atom stereocenters. The van der Waals surface area contributed by atoms with Crippen LogP contribution >= 0.6 is 11.8 Å². The first kappa shape index (κ1) is 12.8. The van der Waals surface area contributed by atoms with Crippen LogP contribution in [-0.2, 0) is 4.79 Å². The van der Waals surface area contributed by atoms with Crippen molar-refractivity contribution in [1.29, 1.82) is 0 Å². The van der Waals surface area contributed by atoms with Gasteiger partial charge in [-0.3, -0.25) is 10.1 Å². The van der Waals surface area contributed by atoms with E-state index in [4.69, 9.17) is 5.11 Å². The molecule has 0 aliphatic carbocycles. The molecule has 1 saturated heterocycles. The van der Waals surface area contributed by atoms with E-state index < -0.39 is 0 Å². The van der Waals surface area contributed by atoms with Gasteiger partial charge >= 0.3 is 0 Å². The zero-order valence-electron chi connectivity index (χ0n) is 9.24. The topological polar surface area (TPSA) is 52.6 Å². The molecule has 1 aliphatic rings. The van der Waals surface area contributed by atoms with Gasteiger partial charge in [-0.15, -0.1) is 11.8 Å². The normalized spacial score (nSPS) is 18.5. The van der Waals surface area contributed by atoms with Crippen molar-refractivity contribution in [2.75, 3.05) is 24.8 Å². The molecular weight excluding hydrogens is 212 g/mol. The third-order valence-electron chi connectivity index (χ3n) is 2.53. The smallest absolute Gasteiger partial charge is 0.223 e. The minimum Gasteiger partial charge on any atom is -0.396 e. The van der Waals surface area contributed by atoms with Crippen molar-refractivity contribution in [3.8, 4) is 0 Å². The molecule has 1 atom stereocenters. The molecule has 1 amide bonds. The van der Waals surface area contributed by atoms with Crippen LogP contribution in [0.2, 0.25) is 0 Å². The highest BCUT2D eigenvalue weighted by Gasteiger charge is 2.25. The Kier molecular flexibility index (Phi) is 6.05. The van der Waals surface area contributed by atoms with Gasteiger partial charge < -0.3 is 10.0 Å². The summed E-state index contributed by atoms with van der Waals surface area (Å²) in [7, 11) is 0. The minimum absolute atomic E-state index is 0.172. The first-order valence-electron chi connectivity index (χ1n) is 5.51. The Labute approximate surface area is 95.4 Å². The number of nitrogens with one attached hydrogen (secondary N) is 1. The number of amides is 1. The summed E-state index contributed by atoms with van der Waals surface area (Å²) in [6, 6.07) is 0. The fraction of sp³-hybridized carbons (Fsp3) is 0.900. The second-order valence-electron chi connectivity index (χ2n) is 3.60. The summed E-state index contributed by atoms with van der Waals surface area (Å²) >= 11 is 1.66. The minimum atomic E-state index is 0.172. The summed E-state index contributed by atoms with van der Waals surface area (Å²) < 4.78 is 0. The Morgan fingerprint density at radius 3 is 3.00 bits per heavy atom. The maximum absolute atomic E-state index is 11.5. The van der Waals surface area contributed by atoms with Crippen molar-refractivity contribution >= 4 is 17.7 Å². The third-order valence-corrected chi connectivity index (χ3v) is 3.37. The highest BCUT2D eigenvalue weighted by molar-refractivity contribution is 7.99. The second kappa shape index (κ2) is 7.09. The van der Waals surface area contributed by atoms with Crippen molar-refractivity contribution in [3.05, 3.63) is 0 Å². The number of aliphatic hydroxyl groups excluding tert-OH is 1. The molecule has 15 heavy (non-hydrogen) atoms. The molecule has 1 rings (SSSR count). The Morgan fingerprint density at radius 1 is 1.67 bits per heavy atom. The molecule has 1 aliphatic heterocycles. The lowest BCUT2D eigenvalue weighted by molar-refractivity contribution is -0.130. The van der Waals surface area contributed by atoms with E-state index >= 15 is 0 Å². The molecule has 4 nitrogen and oxygen atoms in total. The van der Waals surface area contributed by atoms with E-state index in [1.54, 1.807) is 11.8 Å². The number of nitrogens with zero attached hydrogens (tertiary/aromatic N) is 1. The Bertz CT molecular complexity index is 202. The molecule has 88 valence electrons. The number of likely N-dealkylation sites (tertiary alicyclic amines) is 1. The van der Waals surface area contributed by atoms with Gasteiger partial charge in [0.25, 0.3) is 0 Å². The predicted octanol–water partition coefficient (Wildman–Crippen LogP) is 0.617. The molecule has 0 spiro atoms. The van der Waals surface area contributed by atoms with Crippen LogP contribution in [0.4, 0.5) is 0 Å². The SMILES string of the molecule is CCC(NCSCCO)N1CCCC1=O. The van der Waals surface area contributed by atoms with Gasteiger partial charge in [-0.1, -0.05) is 6.92 Å². The quantitative estimate of drug-likeness (QED) is 0.499. The van der Waals surface area contributed by atoms with E-state index in [1.807, 2.05) is 4.90 Å². The van der Waals surface area contributed by atoms with Gasteiger partial charge in [-0.25, -0.2) is 0 Å². The van der Waals surface area contributed by atoms with Gasteiger partial charge in [0.2, 0.25) is 5.91 Å². The van der Waals surface area contributed by atoms with Crippen LogP contribution in [0.5, 0.6) is 0 Å². The highest BCUT2D eigenvalue weighted by atomic mass is 32.2. The lowest BCUT2D eigenvalue weighted by Gasteiger charge is -2.27. The fourth-order valence-corrected chi connectivity index (χ4v) is 2.35. The van der Waals surface area contributed by atoms with Gasteiger partial charge in [0, 0.05) is 24.6 Å². The Hall–Kier alpha value is -0.260. The van der Waals surface area contributed by atoms with E-state index in [0.717, 1.165) is 31.0 Å². The first-order chi connectivity index (χ1) is 7.29. The number of carbonyl (C=O) groups excluding carboxylic acids is 1.